The summed E-state index contributed by atoms with van der Waals surface area (Å²) in [5.74, 6) is -0.300. The first-order valence-corrected chi connectivity index (χ1v) is 7.75. The Hall–Kier alpha value is -3.14. The predicted octanol–water partition coefficient (Wildman–Crippen LogP) is 3.36. The summed E-state index contributed by atoms with van der Waals surface area (Å²) >= 11 is 0. The molecule has 3 rings (SSSR count). The van der Waals surface area contributed by atoms with E-state index in [0.29, 0.717) is 18.5 Å². The molecule has 120 valence electrons. The van der Waals surface area contributed by atoms with E-state index in [-0.39, 0.29) is 16.9 Å². The van der Waals surface area contributed by atoms with Crippen molar-refractivity contribution in [3.05, 3.63) is 94.8 Å². The van der Waals surface area contributed by atoms with Gasteiger partial charge in [-0.2, -0.15) is 0 Å². The van der Waals surface area contributed by atoms with Gasteiger partial charge in [0.2, 0.25) is 5.43 Å². The molecule has 0 saturated heterocycles. The first-order chi connectivity index (χ1) is 11.7. The highest BCUT2D eigenvalue weighted by atomic mass is 16.2. The number of fused-ring (bicyclic) bond motifs is 1. The van der Waals surface area contributed by atoms with E-state index in [1.54, 1.807) is 23.1 Å². The lowest BCUT2D eigenvalue weighted by molar-refractivity contribution is 0.0761. The number of pyridine rings is 1. The molecule has 0 aliphatic rings. The fraction of sp³-hybridized carbons (Fsp3) is 0.100. The minimum absolute atomic E-state index is 0.145. The number of aromatic amines is 1. The van der Waals surface area contributed by atoms with Crippen molar-refractivity contribution in [3.8, 4) is 0 Å². The molecule has 0 unspecified atom stereocenters. The Labute approximate surface area is 140 Å². The average molecular weight is 318 g/mol. The number of aromatic nitrogens is 1. The monoisotopic (exact) mass is 318 g/mol. The summed E-state index contributed by atoms with van der Waals surface area (Å²) in [5.41, 5.74) is 1.62. The van der Waals surface area contributed by atoms with E-state index in [9.17, 15) is 9.59 Å². The minimum Gasteiger partial charge on any atom is -0.360 e. The molecule has 0 bridgehead atoms. The van der Waals surface area contributed by atoms with Crippen LogP contribution in [0.2, 0.25) is 0 Å². The fourth-order valence-corrected chi connectivity index (χ4v) is 2.68. The predicted molar refractivity (Wildman–Crippen MR) is 95.9 cm³/mol. The molecule has 0 fully saturated rings. The van der Waals surface area contributed by atoms with Gasteiger partial charge < -0.3 is 9.88 Å². The fourth-order valence-electron chi connectivity index (χ4n) is 2.68. The number of carbonyl (C=O) groups excluding carboxylic acids is 1. The van der Waals surface area contributed by atoms with Crippen LogP contribution in [-0.4, -0.2) is 22.3 Å². The van der Waals surface area contributed by atoms with Gasteiger partial charge >= 0.3 is 0 Å². The number of benzene rings is 2. The highest BCUT2D eigenvalue weighted by Crippen LogP contribution is 2.11. The van der Waals surface area contributed by atoms with E-state index in [0.717, 1.165) is 11.1 Å². The van der Waals surface area contributed by atoms with Gasteiger partial charge in [0.1, 0.15) is 5.56 Å². The Balaban J connectivity index is 1.97. The van der Waals surface area contributed by atoms with E-state index in [4.69, 9.17) is 0 Å². The summed E-state index contributed by atoms with van der Waals surface area (Å²) < 4.78 is 0. The summed E-state index contributed by atoms with van der Waals surface area (Å²) in [6, 6.07) is 16.9. The van der Waals surface area contributed by atoms with Crippen molar-refractivity contribution in [1.82, 2.24) is 9.88 Å². The molecule has 0 atom stereocenters. The lowest BCUT2D eigenvalue weighted by Gasteiger charge is -2.21. The summed E-state index contributed by atoms with van der Waals surface area (Å²) in [5, 5.41) is 0.515. The number of carbonyl (C=O) groups is 1. The maximum Gasteiger partial charge on any atom is 0.259 e. The van der Waals surface area contributed by atoms with Crippen molar-refractivity contribution in [3.63, 3.8) is 0 Å². The van der Waals surface area contributed by atoms with Crippen LogP contribution >= 0.6 is 0 Å². The van der Waals surface area contributed by atoms with Crippen LogP contribution in [0.1, 0.15) is 15.9 Å². The largest absolute Gasteiger partial charge is 0.360 e. The summed E-state index contributed by atoms with van der Waals surface area (Å²) in [4.78, 5) is 30.1. The van der Waals surface area contributed by atoms with Crippen molar-refractivity contribution < 1.29 is 4.79 Å². The second kappa shape index (κ2) is 6.96. The topological polar surface area (TPSA) is 53.2 Å². The number of amides is 1. The van der Waals surface area contributed by atoms with Gasteiger partial charge in [-0.05, 0) is 17.7 Å². The van der Waals surface area contributed by atoms with Crippen molar-refractivity contribution in [2.24, 2.45) is 0 Å². The molecule has 1 heterocycles. The maximum atomic E-state index is 12.9. The third-order valence-corrected chi connectivity index (χ3v) is 3.87. The Morgan fingerprint density at radius 2 is 1.79 bits per heavy atom. The number of para-hydroxylation sites is 1. The SMILES string of the molecule is C=CCN(Cc1ccccc1)C(=O)c1c[nH]c2ccccc2c1=O. The van der Waals surface area contributed by atoms with Gasteiger partial charge in [0.05, 0.1) is 0 Å². The second-order valence-corrected chi connectivity index (χ2v) is 5.54. The smallest absolute Gasteiger partial charge is 0.259 e. The highest BCUT2D eigenvalue weighted by Gasteiger charge is 2.19. The molecular formula is C20H18N2O2. The summed E-state index contributed by atoms with van der Waals surface area (Å²) in [7, 11) is 0. The first kappa shape index (κ1) is 15.7. The van der Waals surface area contributed by atoms with Crippen molar-refractivity contribution >= 4 is 16.8 Å². The number of hydrogen-bond acceptors (Lipinski definition) is 2. The van der Waals surface area contributed by atoms with Crippen LogP contribution in [0.15, 0.2) is 78.2 Å². The zero-order valence-corrected chi connectivity index (χ0v) is 13.2. The van der Waals surface area contributed by atoms with Crippen LogP contribution in [0.3, 0.4) is 0 Å². The molecule has 1 aromatic heterocycles. The van der Waals surface area contributed by atoms with Gasteiger partial charge in [0.25, 0.3) is 5.91 Å². The average Bonchev–Trinajstić information content (AvgIpc) is 2.62. The molecule has 2 aromatic carbocycles. The Kier molecular flexibility index (Phi) is 4.57. The molecule has 3 aromatic rings. The third-order valence-electron chi connectivity index (χ3n) is 3.87. The van der Waals surface area contributed by atoms with Crippen LogP contribution in [0.5, 0.6) is 0 Å². The number of nitrogens with zero attached hydrogens (tertiary/aromatic N) is 1. The van der Waals surface area contributed by atoms with Crippen LogP contribution in [0, 0.1) is 0 Å². The number of H-pyrrole nitrogens is 1. The van der Waals surface area contributed by atoms with Crippen molar-refractivity contribution in [2.45, 2.75) is 6.54 Å². The van der Waals surface area contributed by atoms with Crippen LogP contribution < -0.4 is 5.43 Å². The van der Waals surface area contributed by atoms with Gasteiger partial charge in [0, 0.05) is 30.2 Å². The van der Waals surface area contributed by atoms with E-state index in [1.807, 2.05) is 42.5 Å². The molecule has 1 N–H and O–H groups in total. The molecule has 4 nitrogen and oxygen atoms in total. The maximum absolute atomic E-state index is 12.9. The van der Waals surface area contributed by atoms with Crippen molar-refractivity contribution in [1.29, 1.82) is 0 Å². The van der Waals surface area contributed by atoms with E-state index in [2.05, 4.69) is 11.6 Å². The van der Waals surface area contributed by atoms with Gasteiger partial charge in [-0.3, -0.25) is 9.59 Å². The van der Waals surface area contributed by atoms with E-state index in [1.165, 1.54) is 6.20 Å². The zero-order valence-electron chi connectivity index (χ0n) is 13.2. The zero-order chi connectivity index (χ0) is 16.9. The Morgan fingerprint density at radius 3 is 2.54 bits per heavy atom. The highest BCUT2D eigenvalue weighted by molar-refractivity contribution is 5.97. The molecular weight excluding hydrogens is 300 g/mol. The van der Waals surface area contributed by atoms with Crippen molar-refractivity contribution in [2.75, 3.05) is 6.54 Å². The van der Waals surface area contributed by atoms with Gasteiger partial charge in [-0.15, -0.1) is 6.58 Å². The second-order valence-electron chi connectivity index (χ2n) is 5.54. The molecule has 4 heteroatoms. The molecule has 1 amide bonds. The Bertz CT molecular complexity index is 929. The number of hydrogen-bond donors (Lipinski definition) is 1. The first-order valence-electron chi connectivity index (χ1n) is 7.75. The molecule has 24 heavy (non-hydrogen) atoms. The van der Waals surface area contributed by atoms with Crippen LogP contribution in [-0.2, 0) is 6.54 Å². The minimum atomic E-state index is -0.300. The lowest BCUT2D eigenvalue weighted by atomic mass is 10.1. The summed E-state index contributed by atoms with van der Waals surface area (Å²) in [6.45, 7) is 4.51. The van der Waals surface area contributed by atoms with E-state index < -0.39 is 0 Å². The van der Waals surface area contributed by atoms with E-state index >= 15 is 0 Å². The third kappa shape index (κ3) is 3.13. The van der Waals surface area contributed by atoms with Crippen LogP contribution in [0.25, 0.3) is 10.9 Å². The van der Waals surface area contributed by atoms with Gasteiger partial charge in [-0.1, -0.05) is 48.5 Å². The summed E-state index contributed by atoms with van der Waals surface area (Å²) in [6.07, 6.45) is 3.16. The quantitative estimate of drug-likeness (QED) is 0.733. The normalized spacial score (nSPS) is 10.5. The molecule has 0 aliphatic carbocycles. The molecule has 0 spiro atoms. The number of rotatable bonds is 5. The standard InChI is InChI=1S/C20H18N2O2/c1-2-12-22(14-15-8-4-3-5-9-15)20(24)17-13-21-18-11-7-6-10-16(18)19(17)23/h2-11,13H,1,12,14H2,(H,21,23). The molecule has 0 saturated carbocycles. The van der Waals surface area contributed by atoms with Crippen LogP contribution in [0.4, 0.5) is 0 Å². The van der Waals surface area contributed by atoms with Gasteiger partial charge in [-0.25, -0.2) is 0 Å². The van der Waals surface area contributed by atoms with Gasteiger partial charge in [0.15, 0.2) is 0 Å². The molecule has 0 aliphatic heterocycles. The number of nitrogens with one attached hydrogen (secondary N) is 1. The Morgan fingerprint density at radius 1 is 1.08 bits per heavy atom. The molecule has 0 radical (unpaired) electrons. The lowest BCUT2D eigenvalue weighted by Crippen LogP contribution is -2.34.